The molecule has 0 atom stereocenters. The van der Waals surface area contributed by atoms with Gasteiger partial charge in [0.05, 0.1) is 13.2 Å². The van der Waals surface area contributed by atoms with Crippen molar-refractivity contribution in [2.24, 2.45) is 5.41 Å². The second-order valence-electron chi connectivity index (χ2n) is 4.51. The number of carbonyl (C=O) groups is 1. The lowest BCUT2D eigenvalue weighted by molar-refractivity contribution is -0.142. The molecule has 0 aliphatic heterocycles. The molecule has 0 radical (unpaired) electrons. The molecule has 0 bridgehead atoms. The third-order valence-electron chi connectivity index (χ3n) is 3.25. The van der Waals surface area contributed by atoms with Gasteiger partial charge in [-0.2, -0.15) is 0 Å². The highest BCUT2D eigenvalue weighted by Gasteiger charge is 2.38. The summed E-state index contributed by atoms with van der Waals surface area (Å²) in [6.45, 7) is 2.57. The smallest absolute Gasteiger partial charge is 0.228 e. The molecule has 0 aromatic heterocycles. The summed E-state index contributed by atoms with van der Waals surface area (Å²) >= 11 is 0. The predicted octanol–water partition coefficient (Wildman–Crippen LogP) is 0.380. The van der Waals surface area contributed by atoms with Gasteiger partial charge in [0.25, 0.3) is 0 Å². The average Bonchev–Trinajstić information content (AvgIpc) is 2.65. The van der Waals surface area contributed by atoms with Crippen molar-refractivity contribution in [3.63, 3.8) is 0 Å². The van der Waals surface area contributed by atoms with E-state index in [1.165, 1.54) is 0 Å². The van der Waals surface area contributed by atoms with Gasteiger partial charge in [0.15, 0.2) is 0 Å². The number of amides is 1. The first-order chi connectivity index (χ1) is 7.14. The first-order valence-electron chi connectivity index (χ1n) is 5.65. The molecule has 88 valence electrons. The SMILES string of the molecule is CC1(C(=O)N(CCO)CCO)CCCC1. The number of carbonyl (C=O) groups excluding carboxylic acids is 1. The summed E-state index contributed by atoms with van der Waals surface area (Å²) in [7, 11) is 0. The fourth-order valence-corrected chi connectivity index (χ4v) is 2.31. The van der Waals surface area contributed by atoms with Crippen LogP contribution in [0.4, 0.5) is 0 Å². The fourth-order valence-electron chi connectivity index (χ4n) is 2.31. The molecule has 1 rings (SSSR count). The fraction of sp³-hybridized carbons (Fsp3) is 0.909. The number of nitrogens with zero attached hydrogens (tertiary/aromatic N) is 1. The van der Waals surface area contributed by atoms with E-state index < -0.39 is 0 Å². The second kappa shape index (κ2) is 5.47. The van der Waals surface area contributed by atoms with Crippen molar-refractivity contribution in [2.75, 3.05) is 26.3 Å². The molecule has 1 aliphatic carbocycles. The van der Waals surface area contributed by atoms with Crippen LogP contribution in [0.1, 0.15) is 32.6 Å². The molecule has 1 amide bonds. The van der Waals surface area contributed by atoms with Gasteiger partial charge in [-0.15, -0.1) is 0 Å². The highest BCUT2D eigenvalue weighted by atomic mass is 16.3. The van der Waals surface area contributed by atoms with Crippen LogP contribution in [0.15, 0.2) is 0 Å². The summed E-state index contributed by atoms with van der Waals surface area (Å²) in [5.41, 5.74) is -0.260. The van der Waals surface area contributed by atoms with Crippen LogP contribution in [0.2, 0.25) is 0 Å². The number of hydrogen-bond acceptors (Lipinski definition) is 3. The quantitative estimate of drug-likeness (QED) is 0.697. The van der Waals surface area contributed by atoms with Gasteiger partial charge in [-0.05, 0) is 12.8 Å². The zero-order valence-corrected chi connectivity index (χ0v) is 9.41. The van der Waals surface area contributed by atoms with Crippen LogP contribution >= 0.6 is 0 Å². The highest BCUT2D eigenvalue weighted by molar-refractivity contribution is 5.82. The maximum absolute atomic E-state index is 12.2. The Hall–Kier alpha value is -0.610. The Labute approximate surface area is 90.9 Å². The van der Waals surface area contributed by atoms with E-state index in [9.17, 15) is 4.79 Å². The minimum absolute atomic E-state index is 0.0399. The van der Waals surface area contributed by atoms with E-state index >= 15 is 0 Å². The Morgan fingerprint density at radius 2 is 1.67 bits per heavy atom. The molecule has 15 heavy (non-hydrogen) atoms. The van der Waals surface area contributed by atoms with Gasteiger partial charge in [0.1, 0.15) is 0 Å². The Kier molecular flexibility index (Phi) is 4.54. The van der Waals surface area contributed by atoms with Crippen LogP contribution in [0, 0.1) is 5.41 Å². The molecular weight excluding hydrogens is 194 g/mol. The van der Waals surface area contributed by atoms with Crippen molar-refractivity contribution < 1.29 is 15.0 Å². The van der Waals surface area contributed by atoms with Crippen molar-refractivity contribution in [2.45, 2.75) is 32.6 Å². The summed E-state index contributed by atoms with van der Waals surface area (Å²) in [4.78, 5) is 13.7. The topological polar surface area (TPSA) is 60.8 Å². The molecule has 1 fully saturated rings. The van der Waals surface area contributed by atoms with Crippen LogP contribution in [0.25, 0.3) is 0 Å². The largest absolute Gasteiger partial charge is 0.395 e. The maximum atomic E-state index is 12.2. The number of hydrogen-bond donors (Lipinski definition) is 2. The standard InChI is InChI=1S/C11H21NO3/c1-11(4-2-3-5-11)10(15)12(6-8-13)7-9-14/h13-14H,2-9H2,1H3. The van der Waals surface area contributed by atoms with Crippen LogP contribution in [0.3, 0.4) is 0 Å². The lowest BCUT2D eigenvalue weighted by atomic mass is 9.87. The van der Waals surface area contributed by atoms with E-state index in [4.69, 9.17) is 10.2 Å². The van der Waals surface area contributed by atoms with Gasteiger partial charge < -0.3 is 15.1 Å². The van der Waals surface area contributed by atoms with Crippen LogP contribution in [-0.4, -0.2) is 47.3 Å². The first kappa shape index (κ1) is 12.5. The predicted molar refractivity (Wildman–Crippen MR) is 57.3 cm³/mol. The third kappa shape index (κ3) is 2.92. The molecule has 0 spiro atoms. The normalized spacial score (nSPS) is 19.1. The minimum Gasteiger partial charge on any atom is -0.395 e. The summed E-state index contributed by atoms with van der Waals surface area (Å²) in [6, 6.07) is 0. The molecule has 0 heterocycles. The minimum atomic E-state index is -0.260. The molecule has 1 aliphatic rings. The van der Waals surface area contributed by atoms with Gasteiger partial charge in [0, 0.05) is 18.5 Å². The van der Waals surface area contributed by atoms with E-state index in [0.717, 1.165) is 25.7 Å². The molecule has 1 saturated carbocycles. The first-order valence-corrected chi connectivity index (χ1v) is 5.65. The number of aliphatic hydroxyl groups is 2. The number of aliphatic hydroxyl groups excluding tert-OH is 2. The Balaban J connectivity index is 2.61. The summed E-state index contributed by atoms with van der Waals surface area (Å²) in [5, 5.41) is 17.7. The van der Waals surface area contributed by atoms with Crippen molar-refractivity contribution in [1.82, 2.24) is 4.90 Å². The van der Waals surface area contributed by atoms with Gasteiger partial charge in [-0.25, -0.2) is 0 Å². The molecule has 4 nitrogen and oxygen atoms in total. The highest BCUT2D eigenvalue weighted by Crippen LogP contribution is 2.38. The lowest BCUT2D eigenvalue weighted by Crippen LogP contribution is -2.43. The maximum Gasteiger partial charge on any atom is 0.228 e. The van der Waals surface area contributed by atoms with Crippen molar-refractivity contribution >= 4 is 5.91 Å². The Bertz CT molecular complexity index is 206. The average molecular weight is 215 g/mol. The van der Waals surface area contributed by atoms with Crippen LogP contribution in [0.5, 0.6) is 0 Å². The van der Waals surface area contributed by atoms with E-state index in [-0.39, 0.29) is 24.5 Å². The molecule has 0 unspecified atom stereocenters. The molecular formula is C11H21NO3. The van der Waals surface area contributed by atoms with Crippen LogP contribution < -0.4 is 0 Å². The van der Waals surface area contributed by atoms with E-state index in [2.05, 4.69) is 0 Å². The monoisotopic (exact) mass is 215 g/mol. The zero-order valence-electron chi connectivity index (χ0n) is 9.41. The van der Waals surface area contributed by atoms with Gasteiger partial charge in [-0.1, -0.05) is 19.8 Å². The van der Waals surface area contributed by atoms with E-state index in [1.54, 1.807) is 4.90 Å². The molecule has 4 heteroatoms. The van der Waals surface area contributed by atoms with E-state index in [0.29, 0.717) is 13.1 Å². The Morgan fingerprint density at radius 1 is 1.20 bits per heavy atom. The Morgan fingerprint density at radius 3 is 2.07 bits per heavy atom. The number of rotatable bonds is 5. The molecule has 0 aromatic carbocycles. The zero-order chi connectivity index (χ0) is 11.3. The van der Waals surface area contributed by atoms with Crippen molar-refractivity contribution in [3.05, 3.63) is 0 Å². The van der Waals surface area contributed by atoms with Gasteiger partial charge in [-0.3, -0.25) is 4.79 Å². The summed E-state index contributed by atoms with van der Waals surface area (Å²) in [6.07, 6.45) is 4.07. The lowest BCUT2D eigenvalue weighted by Gasteiger charge is -2.30. The van der Waals surface area contributed by atoms with E-state index in [1.807, 2.05) is 6.92 Å². The third-order valence-corrected chi connectivity index (χ3v) is 3.25. The molecule has 2 N–H and O–H groups in total. The van der Waals surface area contributed by atoms with Gasteiger partial charge >= 0.3 is 0 Å². The summed E-state index contributed by atoms with van der Waals surface area (Å²) < 4.78 is 0. The molecule has 0 aromatic rings. The summed E-state index contributed by atoms with van der Waals surface area (Å²) in [5.74, 6) is 0.0862. The van der Waals surface area contributed by atoms with Crippen molar-refractivity contribution in [1.29, 1.82) is 0 Å². The second-order valence-corrected chi connectivity index (χ2v) is 4.51. The van der Waals surface area contributed by atoms with Gasteiger partial charge in [0.2, 0.25) is 5.91 Å². The molecule has 0 saturated heterocycles. The van der Waals surface area contributed by atoms with Crippen LogP contribution in [-0.2, 0) is 4.79 Å². The van der Waals surface area contributed by atoms with Crippen molar-refractivity contribution in [3.8, 4) is 0 Å².